The van der Waals surface area contributed by atoms with E-state index in [1.165, 1.54) is 11.3 Å². The number of hydrogen-bond acceptors (Lipinski definition) is 7. The van der Waals surface area contributed by atoms with Crippen molar-refractivity contribution in [3.63, 3.8) is 0 Å². The van der Waals surface area contributed by atoms with Gasteiger partial charge in [0.1, 0.15) is 24.4 Å². The number of rotatable bonds is 6. The third-order valence-corrected chi connectivity index (χ3v) is 3.09. The lowest BCUT2D eigenvalue weighted by Crippen LogP contribution is -2.29. The van der Waals surface area contributed by atoms with Crippen LogP contribution >= 0.6 is 11.6 Å². The minimum Gasteiger partial charge on any atom is -0.506 e. The van der Waals surface area contributed by atoms with Crippen molar-refractivity contribution in [2.24, 2.45) is 16.8 Å². The van der Waals surface area contributed by atoms with Crippen LogP contribution in [0.2, 0.25) is 5.02 Å². The molecule has 2 aromatic carbocycles. The molecular weight excluding hydrogens is 346 g/mol. The van der Waals surface area contributed by atoms with Crippen LogP contribution in [0.5, 0.6) is 11.5 Å². The van der Waals surface area contributed by atoms with E-state index < -0.39 is 0 Å². The number of aromatic hydroxyl groups is 1. The Bertz CT molecular complexity index is 712. The second-order valence-electron chi connectivity index (χ2n) is 4.56. The Morgan fingerprint density at radius 2 is 2.12 bits per heavy atom. The molecule has 0 fully saturated rings. The summed E-state index contributed by atoms with van der Waals surface area (Å²) in [5.74, 6) is 11.3. The fourth-order valence-electron chi connectivity index (χ4n) is 1.71. The number of benzene rings is 2. The van der Waals surface area contributed by atoms with Gasteiger partial charge < -0.3 is 21.0 Å². The lowest BCUT2D eigenvalue weighted by Gasteiger charge is -2.12. The second kappa shape index (κ2) is 10.7. The Balaban J connectivity index is 0.000000271. The molecule has 0 bridgehead atoms. The number of phenols is 1. The van der Waals surface area contributed by atoms with Gasteiger partial charge in [0.15, 0.2) is 6.29 Å². The third-order valence-electron chi connectivity index (χ3n) is 2.85. The first-order chi connectivity index (χ1) is 12.0. The lowest BCUT2D eigenvalue weighted by molar-refractivity contribution is -0.109. The largest absolute Gasteiger partial charge is 0.506 e. The predicted octanol–water partition coefficient (Wildman–Crippen LogP) is 1.93. The molecule has 6 N–H and O–H groups in total. The number of hydrazone groups is 1. The molecule has 0 saturated carbocycles. The van der Waals surface area contributed by atoms with Crippen molar-refractivity contribution in [1.82, 2.24) is 0 Å². The summed E-state index contributed by atoms with van der Waals surface area (Å²) in [7, 11) is 1.73. The minimum atomic E-state index is 0.0129. The van der Waals surface area contributed by atoms with Crippen molar-refractivity contribution < 1.29 is 14.6 Å². The first-order valence-electron chi connectivity index (χ1n) is 7.12. The van der Waals surface area contributed by atoms with Gasteiger partial charge in [0.25, 0.3) is 0 Å². The number of anilines is 2. The molecule has 0 aromatic heterocycles. The fourth-order valence-corrected chi connectivity index (χ4v) is 1.88. The Kier molecular flexibility index (Phi) is 8.62. The predicted molar refractivity (Wildman–Crippen MR) is 100 cm³/mol. The number of aldehydes is 1. The molecule has 8 nitrogen and oxygen atoms in total. The van der Waals surface area contributed by atoms with Crippen LogP contribution in [-0.2, 0) is 4.79 Å². The van der Waals surface area contributed by atoms with Gasteiger partial charge in [-0.3, -0.25) is 9.80 Å². The van der Waals surface area contributed by atoms with Crippen LogP contribution in [0.4, 0.5) is 11.4 Å². The zero-order valence-electron chi connectivity index (χ0n) is 13.6. The molecule has 0 spiro atoms. The SMILES string of the molecule is CNc1cc(Cl)ccc1O.N/N=C\N(N)c1cccc(OCC=O)c1. The van der Waals surface area contributed by atoms with Crippen molar-refractivity contribution in [2.75, 3.05) is 24.0 Å². The summed E-state index contributed by atoms with van der Waals surface area (Å²) >= 11 is 5.64. The van der Waals surface area contributed by atoms with E-state index in [4.69, 9.17) is 33.1 Å². The van der Waals surface area contributed by atoms with Crippen molar-refractivity contribution in [3.8, 4) is 11.5 Å². The molecule has 0 aliphatic rings. The van der Waals surface area contributed by atoms with Crippen LogP contribution in [0.1, 0.15) is 0 Å². The molecule has 0 heterocycles. The second-order valence-corrected chi connectivity index (χ2v) is 4.99. The van der Waals surface area contributed by atoms with Crippen LogP contribution in [0.3, 0.4) is 0 Å². The maximum absolute atomic E-state index is 10.1. The van der Waals surface area contributed by atoms with Crippen molar-refractivity contribution in [3.05, 3.63) is 47.5 Å². The summed E-state index contributed by atoms with van der Waals surface area (Å²) in [6, 6.07) is 11.8. The minimum absolute atomic E-state index is 0.0129. The Hall–Kier alpha value is -2.97. The van der Waals surface area contributed by atoms with Gasteiger partial charge in [-0.15, -0.1) is 0 Å². The first-order valence-corrected chi connectivity index (χ1v) is 7.49. The number of carbonyl (C=O) groups is 1. The van der Waals surface area contributed by atoms with Gasteiger partial charge in [-0.05, 0) is 30.3 Å². The van der Waals surface area contributed by atoms with Gasteiger partial charge in [-0.25, -0.2) is 5.84 Å². The molecular formula is C16H20ClN5O3. The molecule has 0 unspecified atom stereocenters. The highest BCUT2D eigenvalue weighted by molar-refractivity contribution is 6.30. The highest BCUT2D eigenvalue weighted by Gasteiger charge is 2.00. The van der Waals surface area contributed by atoms with Gasteiger partial charge in [0.05, 0.1) is 11.4 Å². The zero-order chi connectivity index (χ0) is 18.7. The standard InChI is InChI=1S/C9H12N4O2.C7H8ClNO/c10-12-7-13(11)8-2-1-3-9(6-8)15-5-4-14;1-9-6-4-5(8)2-3-7(6)10/h1-4,6-7H,5,10-11H2;2-4,9-10H,1H3/b12-7-;. The zero-order valence-corrected chi connectivity index (χ0v) is 14.3. The summed E-state index contributed by atoms with van der Waals surface area (Å²) in [5.41, 5.74) is 1.31. The number of halogens is 1. The maximum atomic E-state index is 10.1. The summed E-state index contributed by atoms with van der Waals surface area (Å²) in [6.07, 6.45) is 1.94. The van der Waals surface area contributed by atoms with Crippen LogP contribution in [0.25, 0.3) is 0 Å². The lowest BCUT2D eigenvalue weighted by atomic mass is 10.3. The van der Waals surface area contributed by atoms with Crippen molar-refractivity contribution >= 4 is 35.6 Å². The highest BCUT2D eigenvalue weighted by atomic mass is 35.5. The molecule has 2 rings (SSSR count). The first kappa shape index (κ1) is 20.1. The van der Waals surface area contributed by atoms with E-state index in [1.807, 2.05) is 0 Å². The summed E-state index contributed by atoms with van der Waals surface area (Å²) < 4.78 is 5.10. The molecule has 0 radical (unpaired) electrons. The monoisotopic (exact) mass is 365 g/mol. The summed E-state index contributed by atoms with van der Waals surface area (Å²) in [5, 5.41) is 17.1. The number of phenolic OH excluding ortho intramolecular Hbond substituents is 1. The number of ether oxygens (including phenoxy) is 1. The highest BCUT2D eigenvalue weighted by Crippen LogP contribution is 2.25. The van der Waals surface area contributed by atoms with Gasteiger partial charge in [0, 0.05) is 18.1 Å². The smallest absolute Gasteiger partial charge is 0.157 e. The number of nitrogens with zero attached hydrogens (tertiary/aromatic N) is 2. The van der Waals surface area contributed by atoms with Crippen LogP contribution < -0.4 is 26.7 Å². The van der Waals surface area contributed by atoms with Gasteiger partial charge >= 0.3 is 0 Å². The maximum Gasteiger partial charge on any atom is 0.157 e. The van der Waals surface area contributed by atoms with E-state index in [2.05, 4.69) is 10.4 Å². The van der Waals surface area contributed by atoms with E-state index in [0.29, 0.717) is 28.4 Å². The van der Waals surface area contributed by atoms with Gasteiger partial charge in [-0.1, -0.05) is 17.7 Å². The molecule has 0 aliphatic carbocycles. The van der Waals surface area contributed by atoms with Crippen molar-refractivity contribution in [1.29, 1.82) is 0 Å². The Morgan fingerprint density at radius 1 is 1.36 bits per heavy atom. The molecule has 0 atom stereocenters. The molecule has 0 saturated heterocycles. The van der Waals surface area contributed by atoms with Gasteiger partial charge in [-0.2, -0.15) is 5.10 Å². The molecule has 9 heteroatoms. The number of hydrogen-bond donors (Lipinski definition) is 4. The van der Waals surface area contributed by atoms with E-state index in [1.54, 1.807) is 49.5 Å². The number of carbonyl (C=O) groups excluding carboxylic acids is 1. The Morgan fingerprint density at radius 3 is 2.72 bits per heavy atom. The average molecular weight is 366 g/mol. The van der Waals surface area contributed by atoms with Gasteiger partial charge in [0.2, 0.25) is 0 Å². The van der Waals surface area contributed by atoms with E-state index in [9.17, 15) is 4.79 Å². The topological polar surface area (TPSA) is 126 Å². The quantitative estimate of drug-likeness (QED) is 0.154. The normalized spacial score (nSPS) is 9.88. The van der Waals surface area contributed by atoms with E-state index >= 15 is 0 Å². The van der Waals surface area contributed by atoms with E-state index in [-0.39, 0.29) is 12.4 Å². The molecule has 0 aliphatic heterocycles. The number of nitrogens with one attached hydrogen (secondary N) is 1. The van der Waals surface area contributed by atoms with Crippen LogP contribution in [0.15, 0.2) is 47.6 Å². The fraction of sp³-hybridized carbons (Fsp3) is 0.125. The number of hydrazine groups is 1. The van der Waals surface area contributed by atoms with Crippen LogP contribution in [0, 0.1) is 0 Å². The third kappa shape index (κ3) is 6.98. The average Bonchev–Trinajstić information content (AvgIpc) is 2.63. The molecule has 0 amide bonds. The van der Waals surface area contributed by atoms with Crippen molar-refractivity contribution in [2.45, 2.75) is 0 Å². The number of nitrogens with two attached hydrogens (primary N) is 2. The molecule has 25 heavy (non-hydrogen) atoms. The Labute approximate surface area is 150 Å². The van der Waals surface area contributed by atoms with Crippen LogP contribution in [-0.4, -0.2) is 31.4 Å². The summed E-state index contributed by atoms with van der Waals surface area (Å²) in [4.78, 5) is 10.1. The summed E-state index contributed by atoms with van der Waals surface area (Å²) in [6.45, 7) is 0.0129. The molecule has 134 valence electrons. The van der Waals surface area contributed by atoms with E-state index in [0.717, 1.165) is 0 Å². The molecule has 2 aromatic rings.